The van der Waals surface area contributed by atoms with Crippen LogP contribution in [-0.2, 0) is 4.74 Å². The number of halogens is 1. The fourth-order valence-corrected chi connectivity index (χ4v) is 4.83. The predicted molar refractivity (Wildman–Crippen MR) is 147 cm³/mol. The number of benzene rings is 1. The molecule has 13 nitrogen and oxygen atoms in total. The normalized spacial score (nSPS) is 18.4. The van der Waals surface area contributed by atoms with Crippen LogP contribution < -0.4 is 25.6 Å². The van der Waals surface area contributed by atoms with Gasteiger partial charge in [0.25, 0.3) is 5.78 Å². The lowest BCUT2D eigenvalue weighted by molar-refractivity contribution is 0.000140. The molecular formula is C26H33FN10O3. The molecule has 0 spiro atoms. The smallest absolute Gasteiger partial charge is 0.259 e. The molecule has 0 saturated carbocycles. The largest absolute Gasteiger partial charge is 0.491 e. The molecule has 6 rings (SSSR count). The summed E-state index contributed by atoms with van der Waals surface area (Å²) >= 11 is 0. The molecule has 1 aromatic carbocycles. The summed E-state index contributed by atoms with van der Waals surface area (Å²) in [6.45, 7) is 7.24. The zero-order valence-electron chi connectivity index (χ0n) is 22.4. The first kappa shape index (κ1) is 26.2. The third-order valence-corrected chi connectivity index (χ3v) is 7.13. The zero-order valence-corrected chi connectivity index (χ0v) is 22.4. The molecule has 2 aliphatic heterocycles. The van der Waals surface area contributed by atoms with E-state index in [1.807, 2.05) is 18.0 Å². The molecule has 3 N–H and O–H groups in total. The first-order valence-electron chi connectivity index (χ1n) is 13.4. The van der Waals surface area contributed by atoms with Crippen molar-refractivity contribution >= 4 is 23.4 Å². The van der Waals surface area contributed by atoms with Gasteiger partial charge in [-0.3, -0.25) is 4.90 Å². The fraction of sp³-hybridized carbons (Fsp3) is 0.462. The molecule has 14 heteroatoms. The highest BCUT2D eigenvalue weighted by atomic mass is 19.1. The Hall–Kier alpha value is -4.01. The number of ether oxygens (including phenoxy) is 2. The summed E-state index contributed by atoms with van der Waals surface area (Å²) in [7, 11) is 1.92. The molecule has 2 aliphatic rings. The number of aromatic nitrogens is 5. The lowest BCUT2D eigenvalue weighted by Gasteiger charge is -2.36. The van der Waals surface area contributed by atoms with Crippen LogP contribution in [0.1, 0.15) is 0 Å². The van der Waals surface area contributed by atoms with Gasteiger partial charge in [-0.2, -0.15) is 19.5 Å². The molecular weight excluding hydrogens is 519 g/mol. The highest BCUT2D eigenvalue weighted by molar-refractivity contribution is 5.53. The van der Waals surface area contributed by atoms with Crippen LogP contribution in [0.3, 0.4) is 0 Å². The number of anilines is 3. The number of piperazine rings is 1. The van der Waals surface area contributed by atoms with Gasteiger partial charge < -0.3 is 34.7 Å². The van der Waals surface area contributed by atoms with Crippen molar-refractivity contribution in [1.82, 2.24) is 34.8 Å². The Morgan fingerprint density at radius 1 is 1.18 bits per heavy atom. The summed E-state index contributed by atoms with van der Waals surface area (Å²) in [6.07, 6.45) is 1.54. The SMILES string of the molecule is CN(CCN1CCN(c2ccc(OCC3CNCCO3)cc2F)CC1)c1nc(N)n2nc(-c3ccco3)nc2n1. The Bertz CT molecular complexity index is 1420. The molecule has 0 bridgehead atoms. The van der Waals surface area contributed by atoms with Crippen molar-refractivity contribution in [3.63, 3.8) is 0 Å². The molecule has 5 heterocycles. The van der Waals surface area contributed by atoms with Gasteiger partial charge in [0.05, 0.1) is 18.6 Å². The maximum absolute atomic E-state index is 14.9. The van der Waals surface area contributed by atoms with E-state index in [0.717, 1.165) is 45.8 Å². The number of hydrogen-bond acceptors (Lipinski definition) is 12. The Balaban J connectivity index is 0.999. The predicted octanol–water partition coefficient (Wildman–Crippen LogP) is 1.13. The number of morpholine rings is 1. The zero-order chi connectivity index (χ0) is 27.5. The minimum Gasteiger partial charge on any atom is -0.491 e. The van der Waals surface area contributed by atoms with Gasteiger partial charge in [-0.1, -0.05) is 0 Å². The van der Waals surface area contributed by atoms with Crippen molar-refractivity contribution in [2.45, 2.75) is 6.10 Å². The molecule has 0 radical (unpaired) electrons. The minimum atomic E-state index is -0.276. The molecule has 4 aromatic rings. The van der Waals surface area contributed by atoms with Gasteiger partial charge in [-0.25, -0.2) is 4.39 Å². The molecule has 40 heavy (non-hydrogen) atoms. The van der Waals surface area contributed by atoms with Gasteiger partial charge in [0.2, 0.25) is 17.7 Å². The van der Waals surface area contributed by atoms with Crippen LogP contribution in [0, 0.1) is 5.82 Å². The molecule has 212 valence electrons. The lowest BCUT2D eigenvalue weighted by Crippen LogP contribution is -2.48. The van der Waals surface area contributed by atoms with Crippen molar-refractivity contribution in [3.8, 4) is 17.3 Å². The highest BCUT2D eigenvalue weighted by Crippen LogP contribution is 2.26. The third kappa shape index (κ3) is 5.78. The number of nitrogen functional groups attached to an aromatic ring is 1. The number of hydrogen-bond donors (Lipinski definition) is 2. The Morgan fingerprint density at radius 3 is 2.80 bits per heavy atom. The summed E-state index contributed by atoms with van der Waals surface area (Å²) in [5.74, 6) is 2.19. The average molecular weight is 553 g/mol. The van der Waals surface area contributed by atoms with Gasteiger partial charge >= 0.3 is 0 Å². The van der Waals surface area contributed by atoms with Crippen molar-refractivity contribution in [2.24, 2.45) is 0 Å². The standard InChI is InChI=1S/C26H33FN10O3/c1-34(25-31-24(28)37-26(32-25)30-23(33-37)22-3-2-13-39-22)7-8-35-9-11-36(12-10-35)21-5-4-18(15-20(21)27)40-17-19-16-29-6-14-38-19/h2-5,13,15,19,29H,6-12,14,16-17H2,1H3,(H2,28,30,31,32,33). The van der Waals surface area contributed by atoms with E-state index >= 15 is 0 Å². The second kappa shape index (κ2) is 11.6. The number of likely N-dealkylation sites (N-methyl/N-ethyl adjacent to an activating group) is 1. The lowest BCUT2D eigenvalue weighted by atomic mass is 10.2. The van der Waals surface area contributed by atoms with Crippen molar-refractivity contribution < 1.29 is 18.3 Å². The Kier molecular flexibility index (Phi) is 7.62. The van der Waals surface area contributed by atoms with Gasteiger partial charge in [-0.05, 0) is 24.3 Å². The third-order valence-electron chi connectivity index (χ3n) is 7.13. The molecule has 0 amide bonds. The van der Waals surface area contributed by atoms with E-state index in [2.05, 4.69) is 35.2 Å². The van der Waals surface area contributed by atoms with Crippen molar-refractivity contribution in [3.05, 3.63) is 42.4 Å². The average Bonchev–Trinajstić information content (AvgIpc) is 3.67. The maximum Gasteiger partial charge on any atom is 0.259 e. The molecule has 2 fully saturated rings. The van der Waals surface area contributed by atoms with Gasteiger partial charge in [0.15, 0.2) is 5.76 Å². The van der Waals surface area contributed by atoms with Crippen molar-refractivity contribution in [1.29, 1.82) is 0 Å². The number of nitrogens with zero attached hydrogens (tertiary/aromatic N) is 8. The fourth-order valence-electron chi connectivity index (χ4n) is 4.83. The second-order valence-electron chi connectivity index (χ2n) is 9.88. The molecule has 2 saturated heterocycles. The number of furan rings is 1. The summed E-state index contributed by atoms with van der Waals surface area (Å²) in [5.41, 5.74) is 6.73. The van der Waals surface area contributed by atoms with Gasteiger partial charge in [-0.15, -0.1) is 5.10 Å². The molecule has 0 aliphatic carbocycles. The van der Waals surface area contributed by atoms with Crippen LogP contribution in [0.4, 0.5) is 22.0 Å². The summed E-state index contributed by atoms with van der Waals surface area (Å²) in [4.78, 5) is 19.7. The van der Waals surface area contributed by atoms with Crippen LogP contribution in [0.5, 0.6) is 5.75 Å². The topological polar surface area (TPSA) is 135 Å². The summed E-state index contributed by atoms with van der Waals surface area (Å²) < 4.78 is 33.1. The highest BCUT2D eigenvalue weighted by Gasteiger charge is 2.22. The van der Waals surface area contributed by atoms with Crippen LogP contribution in [0.2, 0.25) is 0 Å². The first-order chi connectivity index (χ1) is 19.5. The first-order valence-corrected chi connectivity index (χ1v) is 13.4. The number of fused-ring (bicyclic) bond motifs is 1. The van der Waals surface area contributed by atoms with Crippen LogP contribution in [-0.4, -0.2) is 108 Å². The van der Waals surface area contributed by atoms with Gasteiger partial charge in [0, 0.05) is 65.5 Å². The Morgan fingerprint density at radius 2 is 2.05 bits per heavy atom. The van der Waals surface area contributed by atoms with Crippen LogP contribution >= 0.6 is 0 Å². The minimum absolute atomic E-state index is 0.0155. The number of rotatable bonds is 9. The van der Waals surface area contributed by atoms with Crippen LogP contribution in [0.15, 0.2) is 41.0 Å². The van der Waals surface area contributed by atoms with E-state index in [-0.39, 0.29) is 17.9 Å². The van der Waals surface area contributed by atoms with E-state index in [1.165, 1.54) is 10.6 Å². The Labute approximate surface area is 230 Å². The van der Waals surface area contributed by atoms with Crippen molar-refractivity contribution in [2.75, 3.05) is 88.2 Å². The van der Waals surface area contributed by atoms with E-state index in [9.17, 15) is 4.39 Å². The second-order valence-corrected chi connectivity index (χ2v) is 9.88. The van der Waals surface area contributed by atoms with E-state index in [0.29, 0.717) is 54.5 Å². The monoisotopic (exact) mass is 552 g/mol. The van der Waals surface area contributed by atoms with E-state index < -0.39 is 0 Å². The molecule has 1 unspecified atom stereocenters. The summed E-state index contributed by atoms with van der Waals surface area (Å²) in [5, 5.41) is 7.60. The van der Waals surface area contributed by atoms with E-state index in [1.54, 1.807) is 24.5 Å². The van der Waals surface area contributed by atoms with Gasteiger partial charge in [0.1, 0.15) is 24.3 Å². The summed E-state index contributed by atoms with van der Waals surface area (Å²) in [6, 6.07) is 8.63. The molecule has 3 aromatic heterocycles. The quantitative estimate of drug-likeness (QED) is 0.308. The number of nitrogens with one attached hydrogen (secondary N) is 1. The van der Waals surface area contributed by atoms with Crippen LogP contribution in [0.25, 0.3) is 17.4 Å². The number of nitrogens with two attached hydrogens (primary N) is 1. The molecule has 1 atom stereocenters. The maximum atomic E-state index is 14.9. The van der Waals surface area contributed by atoms with E-state index in [4.69, 9.17) is 19.6 Å².